The summed E-state index contributed by atoms with van der Waals surface area (Å²) in [6, 6.07) is 0. The average Bonchev–Trinajstić information content (AvgIpc) is 2.44. The summed E-state index contributed by atoms with van der Waals surface area (Å²) in [7, 11) is 0. The van der Waals surface area contributed by atoms with Crippen LogP contribution in [0.3, 0.4) is 0 Å². The molecular weight excluding hydrogens is 140 g/mol. The first-order valence-corrected chi connectivity index (χ1v) is 4.26. The lowest BCUT2D eigenvalue weighted by atomic mass is 9.90. The van der Waals surface area contributed by atoms with Crippen LogP contribution in [0, 0.1) is 0 Å². The molecule has 0 amide bonds. The summed E-state index contributed by atoms with van der Waals surface area (Å²) in [4.78, 5) is 0. The van der Waals surface area contributed by atoms with E-state index in [0.29, 0.717) is 6.10 Å². The Kier molecular flexibility index (Phi) is 1.55. The van der Waals surface area contributed by atoms with Crippen LogP contribution in [0.5, 0.6) is 0 Å². The lowest BCUT2D eigenvalue weighted by Crippen LogP contribution is -2.43. The molecule has 3 atom stereocenters. The Labute approximate surface area is 66.9 Å². The zero-order valence-corrected chi connectivity index (χ0v) is 6.62. The smallest absolute Gasteiger partial charge is 0.109 e. The first-order valence-electron chi connectivity index (χ1n) is 4.26. The summed E-state index contributed by atoms with van der Waals surface area (Å²) >= 11 is 0. The fourth-order valence-electron chi connectivity index (χ4n) is 2.07. The normalized spacial score (nSPS) is 49.2. The topological polar surface area (TPSA) is 29.5 Å². The van der Waals surface area contributed by atoms with Crippen molar-refractivity contribution >= 4 is 0 Å². The molecule has 2 heteroatoms. The maximum absolute atomic E-state index is 9.92. The molecule has 2 heterocycles. The van der Waals surface area contributed by atoms with E-state index >= 15 is 0 Å². The van der Waals surface area contributed by atoms with E-state index in [1.807, 2.05) is 0 Å². The Bertz CT molecular complexity index is 178. The van der Waals surface area contributed by atoms with Gasteiger partial charge in [-0.05, 0) is 25.7 Å². The summed E-state index contributed by atoms with van der Waals surface area (Å²) in [6.07, 6.45) is 6.00. The average molecular weight is 154 g/mol. The SMILES string of the molecule is C=CC1(O)CCC2CCC1O2. The molecule has 0 aromatic rings. The van der Waals surface area contributed by atoms with E-state index in [0.717, 1.165) is 25.7 Å². The quantitative estimate of drug-likeness (QED) is 0.576. The van der Waals surface area contributed by atoms with E-state index in [9.17, 15) is 5.11 Å². The van der Waals surface area contributed by atoms with Crippen LogP contribution in [0.15, 0.2) is 12.7 Å². The number of fused-ring (bicyclic) bond motifs is 2. The fourth-order valence-corrected chi connectivity index (χ4v) is 2.07. The second-order valence-corrected chi connectivity index (χ2v) is 3.56. The van der Waals surface area contributed by atoms with Crippen molar-refractivity contribution in [3.05, 3.63) is 12.7 Å². The van der Waals surface area contributed by atoms with Gasteiger partial charge in [-0.25, -0.2) is 0 Å². The van der Waals surface area contributed by atoms with E-state index in [1.165, 1.54) is 0 Å². The lowest BCUT2D eigenvalue weighted by Gasteiger charge is -2.35. The molecule has 2 rings (SSSR count). The van der Waals surface area contributed by atoms with Gasteiger partial charge in [0.05, 0.1) is 12.2 Å². The number of rotatable bonds is 1. The van der Waals surface area contributed by atoms with Gasteiger partial charge in [0.1, 0.15) is 5.60 Å². The van der Waals surface area contributed by atoms with Crippen molar-refractivity contribution in [3.63, 3.8) is 0 Å². The highest BCUT2D eigenvalue weighted by Gasteiger charge is 2.44. The van der Waals surface area contributed by atoms with Gasteiger partial charge in [0.15, 0.2) is 0 Å². The predicted octanol–water partition coefficient (Wildman–Crippen LogP) is 1.24. The van der Waals surface area contributed by atoms with Gasteiger partial charge >= 0.3 is 0 Å². The van der Waals surface area contributed by atoms with Gasteiger partial charge in [-0.2, -0.15) is 0 Å². The molecule has 3 unspecified atom stereocenters. The van der Waals surface area contributed by atoms with E-state index in [2.05, 4.69) is 6.58 Å². The van der Waals surface area contributed by atoms with Gasteiger partial charge in [-0.1, -0.05) is 6.08 Å². The molecule has 2 nitrogen and oxygen atoms in total. The molecule has 2 saturated heterocycles. The molecule has 2 bridgehead atoms. The molecule has 0 aromatic heterocycles. The van der Waals surface area contributed by atoms with E-state index < -0.39 is 5.60 Å². The van der Waals surface area contributed by atoms with Crippen LogP contribution >= 0.6 is 0 Å². The summed E-state index contributed by atoms with van der Waals surface area (Å²) < 4.78 is 5.58. The second-order valence-electron chi connectivity index (χ2n) is 3.56. The maximum Gasteiger partial charge on any atom is 0.109 e. The van der Waals surface area contributed by atoms with Gasteiger partial charge in [0.25, 0.3) is 0 Å². The largest absolute Gasteiger partial charge is 0.383 e. The van der Waals surface area contributed by atoms with E-state index in [4.69, 9.17) is 4.74 Å². The molecule has 2 aliphatic heterocycles. The van der Waals surface area contributed by atoms with Crippen LogP contribution in [0.2, 0.25) is 0 Å². The standard InChI is InChI=1S/C9H14O2/c1-2-9(10)6-5-7-3-4-8(9)11-7/h2,7-8,10H,1,3-6H2. The molecule has 0 aliphatic carbocycles. The number of hydrogen-bond acceptors (Lipinski definition) is 2. The maximum atomic E-state index is 9.92. The Balaban J connectivity index is 2.18. The number of aliphatic hydroxyl groups is 1. The minimum absolute atomic E-state index is 0.0266. The highest BCUT2D eigenvalue weighted by atomic mass is 16.5. The van der Waals surface area contributed by atoms with Crippen molar-refractivity contribution in [1.82, 2.24) is 0 Å². The summed E-state index contributed by atoms with van der Waals surface area (Å²) in [5, 5.41) is 9.92. The van der Waals surface area contributed by atoms with Crippen LogP contribution in [0.4, 0.5) is 0 Å². The molecule has 62 valence electrons. The number of hydrogen-bond donors (Lipinski definition) is 1. The molecule has 0 radical (unpaired) electrons. The Morgan fingerprint density at radius 1 is 1.45 bits per heavy atom. The van der Waals surface area contributed by atoms with Crippen LogP contribution in [-0.2, 0) is 4.74 Å². The summed E-state index contributed by atoms with van der Waals surface area (Å²) in [6.45, 7) is 3.64. The van der Waals surface area contributed by atoms with Crippen molar-refractivity contribution < 1.29 is 9.84 Å². The molecular formula is C9H14O2. The Morgan fingerprint density at radius 2 is 2.27 bits per heavy atom. The molecule has 0 saturated carbocycles. The first kappa shape index (κ1) is 7.32. The molecule has 0 spiro atoms. The van der Waals surface area contributed by atoms with Crippen molar-refractivity contribution in [2.24, 2.45) is 0 Å². The second kappa shape index (κ2) is 2.32. The van der Waals surface area contributed by atoms with E-state index in [1.54, 1.807) is 6.08 Å². The van der Waals surface area contributed by atoms with E-state index in [-0.39, 0.29) is 6.10 Å². The third-order valence-electron chi connectivity index (χ3n) is 2.89. The van der Waals surface area contributed by atoms with Gasteiger partial charge in [-0.3, -0.25) is 0 Å². The highest BCUT2D eigenvalue weighted by Crippen LogP contribution is 2.39. The minimum Gasteiger partial charge on any atom is -0.383 e. The van der Waals surface area contributed by atoms with Crippen molar-refractivity contribution in [3.8, 4) is 0 Å². The van der Waals surface area contributed by atoms with Crippen LogP contribution in [-0.4, -0.2) is 22.9 Å². The first-order chi connectivity index (χ1) is 5.24. The van der Waals surface area contributed by atoms with Gasteiger partial charge in [0.2, 0.25) is 0 Å². The molecule has 11 heavy (non-hydrogen) atoms. The molecule has 2 aliphatic rings. The number of ether oxygens (including phenoxy) is 1. The molecule has 2 fully saturated rings. The lowest BCUT2D eigenvalue weighted by molar-refractivity contribution is -0.116. The van der Waals surface area contributed by atoms with Crippen molar-refractivity contribution in [1.29, 1.82) is 0 Å². The van der Waals surface area contributed by atoms with Crippen molar-refractivity contribution in [2.45, 2.75) is 43.5 Å². The third-order valence-corrected chi connectivity index (χ3v) is 2.89. The summed E-state index contributed by atoms with van der Waals surface area (Å²) in [5.41, 5.74) is -0.729. The fraction of sp³-hybridized carbons (Fsp3) is 0.778. The van der Waals surface area contributed by atoms with Gasteiger partial charge in [-0.15, -0.1) is 6.58 Å². The Hall–Kier alpha value is -0.340. The molecule has 1 N–H and O–H groups in total. The predicted molar refractivity (Wildman–Crippen MR) is 42.3 cm³/mol. The zero-order valence-electron chi connectivity index (χ0n) is 6.62. The highest BCUT2D eigenvalue weighted by molar-refractivity contribution is 5.07. The van der Waals surface area contributed by atoms with Crippen LogP contribution in [0.1, 0.15) is 25.7 Å². The minimum atomic E-state index is -0.729. The van der Waals surface area contributed by atoms with Crippen LogP contribution < -0.4 is 0 Å². The van der Waals surface area contributed by atoms with Gasteiger partial charge < -0.3 is 9.84 Å². The summed E-state index contributed by atoms with van der Waals surface area (Å²) in [5.74, 6) is 0. The van der Waals surface area contributed by atoms with Gasteiger partial charge in [0, 0.05) is 0 Å². The van der Waals surface area contributed by atoms with Crippen LogP contribution in [0.25, 0.3) is 0 Å². The Morgan fingerprint density at radius 3 is 3.00 bits per heavy atom. The third kappa shape index (κ3) is 1.01. The monoisotopic (exact) mass is 154 g/mol. The molecule has 0 aromatic carbocycles. The zero-order chi connectivity index (χ0) is 7.90. The van der Waals surface area contributed by atoms with Crippen molar-refractivity contribution in [2.75, 3.05) is 0 Å².